The molecule has 1 unspecified atom stereocenters. The Hall–Kier alpha value is -0.450. The lowest BCUT2D eigenvalue weighted by Gasteiger charge is -2.19. The van der Waals surface area contributed by atoms with E-state index in [-0.39, 0.29) is 6.04 Å². The predicted octanol–water partition coefficient (Wildman–Crippen LogP) is 5.52. The van der Waals surface area contributed by atoms with Gasteiger partial charge in [0, 0.05) is 16.7 Å². The van der Waals surface area contributed by atoms with Gasteiger partial charge in [-0.3, -0.25) is 0 Å². The van der Waals surface area contributed by atoms with E-state index in [2.05, 4.69) is 21.2 Å². The molecule has 0 bridgehead atoms. The fraction of sp³-hybridized carbons (Fsp3) is 0.143. The van der Waals surface area contributed by atoms with Crippen LogP contribution in [0.5, 0.6) is 0 Å². The van der Waals surface area contributed by atoms with Crippen molar-refractivity contribution < 1.29 is 0 Å². The molecule has 6 heteroatoms. The highest BCUT2D eigenvalue weighted by molar-refractivity contribution is 9.10. The maximum Gasteiger partial charge on any atom is 0.0636 e. The van der Waals surface area contributed by atoms with Crippen LogP contribution in [0.25, 0.3) is 0 Å². The summed E-state index contributed by atoms with van der Waals surface area (Å²) in [5.74, 6) is 0. The molecular formula is C14H12BrCl3N2. The van der Waals surface area contributed by atoms with Gasteiger partial charge < -0.3 is 11.1 Å². The minimum atomic E-state index is -0.0676. The van der Waals surface area contributed by atoms with Gasteiger partial charge >= 0.3 is 0 Å². The standard InChI is InChI=1S/C14H12BrCl3N2/c15-10-3-2-9(6-12(10)17)20-14(7-19)8-1-4-11(16)13(18)5-8/h1-6,14,20H,7,19H2. The van der Waals surface area contributed by atoms with E-state index in [1.807, 2.05) is 30.3 Å². The third-order valence-electron chi connectivity index (χ3n) is 2.84. The van der Waals surface area contributed by atoms with Crippen molar-refractivity contribution in [2.45, 2.75) is 6.04 Å². The Bertz CT molecular complexity index is 619. The summed E-state index contributed by atoms with van der Waals surface area (Å²) >= 11 is 21.4. The van der Waals surface area contributed by atoms with E-state index in [0.29, 0.717) is 21.6 Å². The van der Waals surface area contributed by atoms with Crippen molar-refractivity contribution in [1.82, 2.24) is 0 Å². The number of halogens is 4. The molecule has 2 nitrogen and oxygen atoms in total. The van der Waals surface area contributed by atoms with Crippen LogP contribution in [0, 0.1) is 0 Å². The molecule has 0 amide bonds. The minimum absolute atomic E-state index is 0.0676. The highest BCUT2D eigenvalue weighted by atomic mass is 79.9. The lowest BCUT2D eigenvalue weighted by molar-refractivity contribution is 0.790. The molecule has 2 aromatic rings. The Morgan fingerprint density at radius 3 is 2.35 bits per heavy atom. The Balaban J connectivity index is 2.23. The van der Waals surface area contributed by atoms with Crippen molar-refractivity contribution >= 4 is 56.4 Å². The van der Waals surface area contributed by atoms with E-state index >= 15 is 0 Å². The van der Waals surface area contributed by atoms with E-state index in [4.69, 9.17) is 40.5 Å². The van der Waals surface area contributed by atoms with E-state index < -0.39 is 0 Å². The highest BCUT2D eigenvalue weighted by Crippen LogP contribution is 2.29. The van der Waals surface area contributed by atoms with E-state index in [0.717, 1.165) is 15.7 Å². The zero-order valence-corrected chi connectivity index (χ0v) is 14.2. The zero-order chi connectivity index (χ0) is 14.7. The van der Waals surface area contributed by atoms with Crippen molar-refractivity contribution in [2.75, 3.05) is 11.9 Å². The quantitative estimate of drug-likeness (QED) is 0.716. The fourth-order valence-electron chi connectivity index (χ4n) is 1.79. The zero-order valence-electron chi connectivity index (χ0n) is 10.3. The smallest absolute Gasteiger partial charge is 0.0636 e. The molecule has 0 radical (unpaired) electrons. The Morgan fingerprint density at radius 1 is 1.00 bits per heavy atom. The molecule has 0 heterocycles. The molecule has 0 saturated carbocycles. The number of benzene rings is 2. The Kier molecular flexibility index (Phi) is 5.58. The van der Waals surface area contributed by atoms with E-state index in [9.17, 15) is 0 Å². The average molecular weight is 395 g/mol. The third kappa shape index (κ3) is 3.80. The van der Waals surface area contributed by atoms with Crippen LogP contribution in [0.15, 0.2) is 40.9 Å². The first-order valence-corrected chi connectivity index (χ1v) is 7.80. The summed E-state index contributed by atoms with van der Waals surface area (Å²) in [4.78, 5) is 0. The van der Waals surface area contributed by atoms with E-state index in [1.54, 1.807) is 6.07 Å². The third-order valence-corrected chi connectivity index (χ3v) is 4.81. The van der Waals surface area contributed by atoms with E-state index in [1.165, 1.54) is 0 Å². The van der Waals surface area contributed by atoms with Gasteiger partial charge in [0.25, 0.3) is 0 Å². The van der Waals surface area contributed by atoms with Crippen LogP contribution in [0.1, 0.15) is 11.6 Å². The van der Waals surface area contributed by atoms with Crippen molar-refractivity contribution in [1.29, 1.82) is 0 Å². The number of hydrogen-bond donors (Lipinski definition) is 2. The monoisotopic (exact) mass is 392 g/mol. The summed E-state index contributed by atoms with van der Waals surface area (Å²) < 4.78 is 0.851. The molecule has 106 valence electrons. The topological polar surface area (TPSA) is 38.0 Å². The first-order valence-electron chi connectivity index (χ1n) is 5.88. The summed E-state index contributed by atoms with van der Waals surface area (Å²) in [5.41, 5.74) is 7.69. The molecular weight excluding hydrogens is 382 g/mol. The largest absolute Gasteiger partial charge is 0.377 e. The summed E-state index contributed by atoms with van der Waals surface area (Å²) in [5, 5.41) is 5.00. The second-order valence-corrected chi connectivity index (χ2v) is 6.31. The van der Waals surface area contributed by atoms with Gasteiger partial charge in [-0.25, -0.2) is 0 Å². The Morgan fingerprint density at radius 2 is 1.75 bits per heavy atom. The first-order chi connectivity index (χ1) is 9.51. The normalized spacial score (nSPS) is 12.2. The number of hydrogen-bond acceptors (Lipinski definition) is 2. The molecule has 0 spiro atoms. The molecule has 0 fully saturated rings. The van der Waals surface area contributed by atoms with Crippen LogP contribution >= 0.6 is 50.7 Å². The molecule has 2 rings (SSSR count). The van der Waals surface area contributed by atoms with Gasteiger partial charge in [0.1, 0.15) is 0 Å². The van der Waals surface area contributed by atoms with Gasteiger partial charge in [-0.1, -0.05) is 40.9 Å². The number of anilines is 1. The average Bonchev–Trinajstić information content (AvgIpc) is 2.43. The van der Waals surface area contributed by atoms with Gasteiger partial charge in [-0.05, 0) is 51.8 Å². The van der Waals surface area contributed by atoms with Crippen molar-refractivity contribution in [3.05, 3.63) is 61.5 Å². The van der Waals surface area contributed by atoms with Gasteiger partial charge in [-0.2, -0.15) is 0 Å². The second-order valence-electron chi connectivity index (χ2n) is 4.24. The summed E-state index contributed by atoms with van der Waals surface area (Å²) in [7, 11) is 0. The molecule has 1 atom stereocenters. The van der Waals surface area contributed by atoms with Crippen molar-refractivity contribution in [3.8, 4) is 0 Å². The molecule has 0 aliphatic heterocycles. The molecule has 0 aliphatic carbocycles. The number of nitrogens with two attached hydrogens (primary N) is 1. The van der Waals surface area contributed by atoms with Gasteiger partial charge in [0.2, 0.25) is 0 Å². The second kappa shape index (κ2) is 7.01. The lowest BCUT2D eigenvalue weighted by atomic mass is 10.1. The SMILES string of the molecule is NCC(Nc1ccc(Br)c(Cl)c1)c1ccc(Cl)c(Cl)c1. The maximum atomic E-state index is 6.08. The summed E-state index contributed by atoms with van der Waals surface area (Å²) in [6.45, 7) is 0.422. The van der Waals surface area contributed by atoms with Crippen molar-refractivity contribution in [3.63, 3.8) is 0 Å². The fourth-order valence-corrected chi connectivity index (χ4v) is 2.53. The van der Waals surface area contributed by atoms with Crippen molar-refractivity contribution in [2.24, 2.45) is 5.73 Å². The van der Waals surface area contributed by atoms with Crippen LogP contribution < -0.4 is 11.1 Å². The van der Waals surface area contributed by atoms with Crippen LogP contribution in [0.2, 0.25) is 15.1 Å². The summed E-state index contributed by atoms with van der Waals surface area (Å²) in [6.07, 6.45) is 0. The lowest BCUT2D eigenvalue weighted by Crippen LogP contribution is -2.20. The molecule has 0 aromatic heterocycles. The van der Waals surface area contributed by atoms with Crippen LogP contribution in [0.3, 0.4) is 0 Å². The van der Waals surface area contributed by atoms with Crippen LogP contribution in [0.4, 0.5) is 5.69 Å². The highest BCUT2D eigenvalue weighted by Gasteiger charge is 2.12. The molecule has 0 aliphatic rings. The van der Waals surface area contributed by atoms with Gasteiger partial charge in [-0.15, -0.1) is 0 Å². The molecule has 3 N–H and O–H groups in total. The summed E-state index contributed by atoms with van der Waals surface area (Å²) in [6, 6.07) is 11.1. The molecule has 2 aromatic carbocycles. The number of nitrogens with one attached hydrogen (secondary N) is 1. The van der Waals surface area contributed by atoms with Crippen LogP contribution in [-0.4, -0.2) is 6.54 Å². The van der Waals surface area contributed by atoms with Gasteiger partial charge in [0.05, 0.1) is 21.1 Å². The first kappa shape index (κ1) is 15.9. The predicted molar refractivity (Wildman–Crippen MR) is 91.0 cm³/mol. The maximum absolute atomic E-state index is 6.08. The molecule has 0 saturated heterocycles. The van der Waals surface area contributed by atoms with Crippen LogP contribution in [-0.2, 0) is 0 Å². The Labute approximate surface area is 141 Å². The van der Waals surface area contributed by atoms with Gasteiger partial charge in [0.15, 0.2) is 0 Å². The molecule has 20 heavy (non-hydrogen) atoms. The minimum Gasteiger partial charge on any atom is -0.377 e. The number of rotatable bonds is 4.